The maximum absolute atomic E-state index is 6.11. The molecule has 0 saturated heterocycles. The van der Waals surface area contributed by atoms with Gasteiger partial charge in [0, 0.05) is 70.9 Å². The zero-order valence-electron chi connectivity index (χ0n) is 9.07. The average molecular weight is 337 g/mol. The van der Waals surface area contributed by atoms with Gasteiger partial charge in [-0.25, -0.2) is 0 Å². The molecule has 1 atom stereocenters. The predicted octanol–water partition coefficient (Wildman–Crippen LogP) is 1.58. The molecule has 1 aromatic carbocycles. The van der Waals surface area contributed by atoms with Gasteiger partial charge >= 0.3 is 0 Å². The van der Waals surface area contributed by atoms with Gasteiger partial charge in [0.2, 0.25) is 0 Å². The minimum Gasteiger partial charge on any atom is -0.308 e. The van der Waals surface area contributed by atoms with E-state index in [2.05, 4.69) is 0 Å². The van der Waals surface area contributed by atoms with Gasteiger partial charge in [-0.1, -0.05) is 37.3 Å². The van der Waals surface area contributed by atoms with Gasteiger partial charge in [-0.3, -0.25) is 0 Å². The standard InChI is InChI=1S/C10H14BN.2Y/c1-10(11,12(2)3)9-7-5-4-6-8-9;;/h4-8H,1-3H3;;/t10-;;/m1../s1. The molecule has 68 valence electrons. The smallest absolute Gasteiger partial charge is 0.102 e. The van der Waals surface area contributed by atoms with Crippen LogP contribution in [0.1, 0.15) is 12.5 Å². The first-order valence-corrected chi connectivity index (χ1v) is 4.07. The molecule has 14 heavy (non-hydrogen) atoms. The van der Waals surface area contributed by atoms with Gasteiger partial charge < -0.3 is 4.90 Å². The third-order valence-corrected chi connectivity index (χ3v) is 2.29. The van der Waals surface area contributed by atoms with Crippen molar-refractivity contribution in [3.8, 4) is 0 Å². The Morgan fingerprint density at radius 3 is 1.86 bits per heavy atom. The van der Waals surface area contributed by atoms with Gasteiger partial charge in [0.15, 0.2) is 0 Å². The molecule has 1 aromatic rings. The van der Waals surface area contributed by atoms with E-state index in [0.29, 0.717) is 0 Å². The van der Waals surface area contributed by atoms with E-state index in [1.807, 2.05) is 56.3 Å². The van der Waals surface area contributed by atoms with Crippen LogP contribution in [0.2, 0.25) is 0 Å². The van der Waals surface area contributed by atoms with Crippen molar-refractivity contribution in [3.63, 3.8) is 0 Å². The number of nitrogens with zero attached hydrogens (tertiary/aromatic N) is 1. The fourth-order valence-electron chi connectivity index (χ4n) is 1.03. The number of hydrogen-bond acceptors (Lipinski definition) is 1. The van der Waals surface area contributed by atoms with E-state index in [4.69, 9.17) is 7.85 Å². The minimum atomic E-state index is -0.374. The van der Waals surface area contributed by atoms with Crippen LogP contribution in [0.5, 0.6) is 0 Å². The normalized spacial score (nSPS) is 13.7. The fourth-order valence-corrected chi connectivity index (χ4v) is 1.03. The van der Waals surface area contributed by atoms with Crippen molar-refractivity contribution in [1.29, 1.82) is 0 Å². The Balaban J connectivity index is 0. The molecule has 0 amide bonds. The molecule has 1 rings (SSSR count). The number of benzene rings is 1. The maximum atomic E-state index is 6.11. The summed E-state index contributed by atoms with van der Waals surface area (Å²) in [6, 6.07) is 10.1. The van der Waals surface area contributed by atoms with E-state index in [1.54, 1.807) is 0 Å². The first-order chi connectivity index (χ1) is 5.55. The van der Waals surface area contributed by atoms with Crippen molar-refractivity contribution < 1.29 is 65.4 Å². The largest absolute Gasteiger partial charge is 0.308 e. The first-order valence-electron chi connectivity index (χ1n) is 4.07. The Hall–Kier alpha value is 1.45. The van der Waals surface area contributed by atoms with Crippen LogP contribution in [0, 0.1) is 0 Å². The molecule has 4 heteroatoms. The van der Waals surface area contributed by atoms with Crippen molar-refractivity contribution in [2.24, 2.45) is 0 Å². The molecule has 1 nitrogen and oxygen atoms in total. The summed E-state index contributed by atoms with van der Waals surface area (Å²) in [5, 5.41) is 0. The summed E-state index contributed by atoms with van der Waals surface area (Å²) in [5.41, 5.74) is 0.761. The Kier molecular flexibility index (Phi) is 9.79. The van der Waals surface area contributed by atoms with Crippen LogP contribution in [0.15, 0.2) is 30.3 Å². The third-order valence-electron chi connectivity index (χ3n) is 2.29. The van der Waals surface area contributed by atoms with Gasteiger partial charge in [-0.2, -0.15) is 0 Å². The Morgan fingerprint density at radius 1 is 1.07 bits per heavy atom. The van der Waals surface area contributed by atoms with E-state index in [0.717, 1.165) is 5.56 Å². The van der Waals surface area contributed by atoms with Crippen LogP contribution in [0.25, 0.3) is 0 Å². The quantitative estimate of drug-likeness (QED) is 0.741. The molecule has 0 fully saturated rings. The molecule has 0 heterocycles. The van der Waals surface area contributed by atoms with Gasteiger partial charge in [0.25, 0.3) is 0 Å². The number of rotatable bonds is 2. The van der Waals surface area contributed by atoms with Crippen LogP contribution in [-0.4, -0.2) is 26.8 Å². The molecule has 0 aliphatic carbocycles. The zero-order chi connectivity index (χ0) is 9.19. The van der Waals surface area contributed by atoms with Crippen molar-refractivity contribution in [2.45, 2.75) is 12.4 Å². The van der Waals surface area contributed by atoms with Crippen LogP contribution < -0.4 is 0 Å². The van der Waals surface area contributed by atoms with E-state index in [9.17, 15) is 0 Å². The van der Waals surface area contributed by atoms with Crippen LogP contribution in [-0.2, 0) is 70.9 Å². The van der Waals surface area contributed by atoms with Gasteiger partial charge in [-0.05, 0) is 19.7 Å². The van der Waals surface area contributed by atoms with Crippen molar-refractivity contribution >= 4 is 7.85 Å². The summed E-state index contributed by atoms with van der Waals surface area (Å²) in [5.74, 6) is 0. The fraction of sp³-hybridized carbons (Fsp3) is 0.400. The van der Waals surface area contributed by atoms with Gasteiger partial charge in [0.1, 0.15) is 7.85 Å². The molecule has 0 aliphatic heterocycles. The van der Waals surface area contributed by atoms with Crippen LogP contribution >= 0.6 is 0 Å². The summed E-state index contributed by atoms with van der Waals surface area (Å²) in [4.78, 5) is 2.00. The van der Waals surface area contributed by atoms with E-state index < -0.39 is 0 Å². The topological polar surface area (TPSA) is 3.24 Å². The van der Waals surface area contributed by atoms with Crippen LogP contribution in [0.3, 0.4) is 0 Å². The second kappa shape index (κ2) is 7.68. The van der Waals surface area contributed by atoms with Gasteiger partial charge in [0.05, 0.1) is 0 Å². The molecule has 0 N–H and O–H groups in total. The molecular weight excluding hydrogens is 323 g/mol. The van der Waals surface area contributed by atoms with E-state index in [1.165, 1.54) is 0 Å². The minimum absolute atomic E-state index is 0. The zero-order valence-corrected chi connectivity index (χ0v) is 14.7. The molecule has 0 aromatic heterocycles. The molecule has 0 spiro atoms. The molecule has 0 aliphatic rings. The molecule has 0 saturated carbocycles. The molecule has 0 bridgehead atoms. The summed E-state index contributed by atoms with van der Waals surface area (Å²) in [6.07, 6.45) is 0. The van der Waals surface area contributed by atoms with Crippen molar-refractivity contribution in [3.05, 3.63) is 35.9 Å². The molecule has 0 unspecified atom stereocenters. The Bertz CT molecular complexity index is 250. The summed E-state index contributed by atoms with van der Waals surface area (Å²) in [7, 11) is 10.1. The first kappa shape index (κ1) is 17.8. The monoisotopic (exact) mass is 337 g/mol. The van der Waals surface area contributed by atoms with Gasteiger partial charge in [-0.15, -0.1) is 0 Å². The Labute approximate surface area is 139 Å². The maximum Gasteiger partial charge on any atom is 0.102 e. The third kappa shape index (κ3) is 4.53. The SMILES string of the molecule is [B][C@@](C)(c1ccccc1)N(C)C.[Y].[Y]. The second-order valence-electron chi connectivity index (χ2n) is 3.41. The summed E-state index contributed by atoms with van der Waals surface area (Å²) in [6.45, 7) is 2.00. The second-order valence-corrected chi connectivity index (χ2v) is 3.41. The van der Waals surface area contributed by atoms with Crippen LogP contribution in [0.4, 0.5) is 0 Å². The average Bonchev–Trinajstić information content (AvgIpc) is 2.06. The summed E-state index contributed by atoms with van der Waals surface area (Å²) < 4.78 is 0. The predicted molar refractivity (Wildman–Crippen MR) is 53.2 cm³/mol. The van der Waals surface area contributed by atoms with Crippen molar-refractivity contribution in [1.82, 2.24) is 4.90 Å². The van der Waals surface area contributed by atoms with E-state index >= 15 is 0 Å². The Morgan fingerprint density at radius 2 is 1.50 bits per heavy atom. The van der Waals surface area contributed by atoms with E-state index in [-0.39, 0.29) is 70.9 Å². The summed E-state index contributed by atoms with van der Waals surface area (Å²) >= 11 is 0. The molecule has 4 radical (unpaired) electrons. The number of hydrogen-bond donors (Lipinski definition) is 0. The molecular formula is C10H14BNY2. The van der Waals surface area contributed by atoms with Crippen molar-refractivity contribution in [2.75, 3.05) is 14.1 Å².